The van der Waals surface area contributed by atoms with Gasteiger partial charge in [0.25, 0.3) is 20.0 Å². The topological polar surface area (TPSA) is 160 Å². The van der Waals surface area contributed by atoms with Crippen molar-refractivity contribution in [1.82, 2.24) is 7.94 Å². The summed E-state index contributed by atoms with van der Waals surface area (Å²) in [5.74, 6) is 0. The normalized spacial score (nSPS) is 11.2. The van der Waals surface area contributed by atoms with Crippen LogP contribution in [0.15, 0.2) is 119 Å². The minimum Gasteiger partial charge on any atom is -0.296 e. The SMILES string of the molecule is N#Cc1c(C=O)n(S(=O)(=O)c2ccccc2)c2ccccc12.N#Cc1c(C=O)n(S(=O)(=O)c2ccccc2)c2ccccc12. The fourth-order valence-corrected chi connectivity index (χ4v) is 7.87. The largest absolute Gasteiger partial charge is 0.296 e. The summed E-state index contributed by atoms with van der Waals surface area (Å²) in [4.78, 5) is 23.0. The van der Waals surface area contributed by atoms with Crippen molar-refractivity contribution in [3.8, 4) is 12.1 Å². The molecule has 0 aliphatic carbocycles. The molecule has 0 N–H and O–H groups in total. The van der Waals surface area contributed by atoms with E-state index < -0.39 is 20.0 Å². The number of para-hydroxylation sites is 2. The molecule has 4 aromatic carbocycles. The highest BCUT2D eigenvalue weighted by molar-refractivity contribution is 7.90. The summed E-state index contributed by atoms with van der Waals surface area (Å²) in [5.41, 5.74) is 0.422. The lowest BCUT2D eigenvalue weighted by Crippen LogP contribution is -2.15. The second-order valence-corrected chi connectivity index (χ2v) is 12.8. The standard InChI is InChI=1S/2C16H10N2O3S/c2*17-10-14-13-8-4-5-9-15(13)18(16(14)11-19)22(20,21)12-6-2-1-3-7-12/h2*1-9,11H. The molecule has 0 aliphatic heterocycles. The second kappa shape index (κ2) is 11.8. The molecular weight excluding hydrogens is 601 g/mol. The molecule has 0 radical (unpaired) electrons. The Hall–Kier alpha value is -5.82. The van der Waals surface area contributed by atoms with E-state index in [4.69, 9.17) is 0 Å². The Morgan fingerprint density at radius 3 is 1.14 bits per heavy atom. The van der Waals surface area contributed by atoms with Crippen LogP contribution in [-0.4, -0.2) is 37.4 Å². The Morgan fingerprint density at radius 2 is 0.818 bits per heavy atom. The summed E-state index contributed by atoms with van der Waals surface area (Å²) in [6.45, 7) is 0. The van der Waals surface area contributed by atoms with Gasteiger partial charge in [-0.1, -0.05) is 72.8 Å². The van der Waals surface area contributed by atoms with Gasteiger partial charge in [0.1, 0.15) is 23.5 Å². The average molecular weight is 621 g/mol. The smallest absolute Gasteiger partial charge is 0.268 e. The van der Waals surface area contributed by atoms with Gasteiger partial charge in [0, 0.05) is 10.8 Å². The van der Waals surface area contributed by atoms with Crippen LogP contribution in [0.4, 0.5) is 0 Å². The number of aromatic nitrogens is 2. The molecule has 10 nitrogen and oxygen atoms in total. The van der Waals surface area contributed by atoms with Crippen LogP contribution in [0.2, 0.25) is 0 Å². The third kappa shape index (κ3) is 4.84. The van der Waals surface area contributed by atoms with E-state index in [2.05, 4.69) is 0 Å². The number of nitrogens with zero attached hydrogens (tertiary/aromatic N) is 4. The van der Waals surface area contributed by atoms with E-state index in [1.165, 1.54) is 24.3 Å². The maximum atomic E-state index is 12.9. The second-order valence-electron chi connectivity index (χ2n) is 9.18. The first-order chi connectivity index (χ1) is 21.2. The molecule has 216 valence electrons. The quantitative estimate of drug-likeness (QED) is 0.232. The van der Waals surface area contributed by atoms with Crippen LogP contribution < -0.4 is 0 Å². The lowest BCUT2D eigenvalue weighted by atomic mass is 10.1. The van der Waals surface area contributed by atoms with E-state index >= 15 is 0 Å². The number of carbonyl (C=O) groups is 2. The van der Waals surface area contributed by atoms with Gasteiger partial charge < -0.3 is 0 Å². The molecule has 6 rings (SSSR count). The zero-order valence-corrected chi connectivity index (χ0v) is 24.2. The third-order valence-corrected chi connectivity index (χ3v) is 10.2. The molecule has 0 amide bonds. The minimum absolute atomic E-state index is 0.0587. The highest BCUT2D eigenvalue weighted by Gasteiger charge is 2.27. The predicted molar refractivity (Wildman–Crippen MR) is 162 cm³/mol. The number of hydrogen-bond donors (Lipinski definition) is 0. The Bertz CT molecular complexity index is 2190. The van der Waals surface area contributed by atoms with Crippen molar-refractivity contribution in [2.24, 2.45) is 0 Å². The molecule has 2 heterocycles. The maximum absolute atomic E-state index is 12.9. The number of aldehydes is 2. The minimum atomic E-state index is -3.96. The number of hydrogen-bond acceptors (Lipinski definition) is 8. The Morgan fingerprint density at radius 1 is 0.500 bits per heavy atom. The number of nitriles is 2. The first-order valence-corrected chi connectivity index (χ1v) is 15.7. The van der Waals surface area contributed by atoms with Gasteiger partial charge in [0.05, 0.1) is 32.0 Å². The van der Waals surface area contributed by atoms with Gasteiger partial charge >= 0.3 is 0 Å². The summed E-state index contributed by atoms with van der Waals surface area (Å²) in [5, 5.41) is 19.4. The molecule has 12 heteroatoms. The summed E-state index contributed by atoms with van der Waals surface area (Å²) in [7, 11) is -7.93. The van der Waals surface area contributed by atoms with E-state index in [1.54, 1.807) is 84.9 Å². The Kier molecular flexibility index (Phi) is 7.97. The molecule has 0 fully saturated rings. The van der Waals surface area contributed by atoms with Gasteiger partial charge in [-0.05, 0) is 36.4 Å². The van der Waals surface area contributed by atoms with Gasteiger partial charge in [-0.2, -0.15) is 10.5 Å². The molecule has 2 aromatic heterocycles. The van der Waals surface area contributed by atoms with Crippen molar-refractivity contribution in [3.05, 3.63) is 132 Å². The molecular formula is C32H20N4O6S2. The highest BCUT2D eigenvalue weighted by Crippen LogP contribution is 2.30. The van der Waals surface area contributed by atoms with Crippen molar-refractivity contribution in [2.45, 2.75) is 9.79 Å². The van der Waals surface area contributed by atoms with Gasteiger partial charge in [-0.3, -0.25) is 9.59 Å². The van der Waals surface area contributed by atoms with E-state index in [9.17, 15) is 36.9 Å². The van der Waals surface area contributed by atoms with Crippen LogP contribution in [0.5, 0.6) is 0 Å². The van der Waals surface area contributed by atoms with Crippen molar-refractivity contribution < 1.29 is 26.4 Å². The fourth-order valence-electron chi connectivity index (χ4n) is 4.83. The fraction of sp³-hybridized carbons (Fsp3) is 0. The number of benzene rings is 4. The first-order valence-electron chi connectivity index (χ1n) is 12.8. The van der Waals surface area contributed by atoms with Gasteiger partial charge in [-0.25, -0.2) is 24.8 Å². The van der Waals surface area contributed by atoms with Crippen molar-refractivity contribution >= 4 is 54.4 Å². The van der Waals surface area contributed by atoms with E-state index in [1.807, 2.05) is 12.1 Å². The summed E-state index contributed by atoms with van der Waals surface area (Å²) < 4.78 is 53.3. The van der Waals surface area contributed by atoms with Gasteiger partial charge in [-0.15, -0.1) is 0 Å². The lowest BCUT2D eigenvalue weighted by Gasteiger charge is -2.09. The van der Waals surface area contributed by atoms with E-state index in [-0.39, 0.29) is 32.3 Å². The van der Waals surface area contributed by atoms with Crippen molar-refractivity contribution in [2.75, 3.05) is 0 Å². The maximum Gasteiger partial charge on any atom is 0.268 e. The monoisotopic (exact) mass is 620 g/mol. The molecule has 0 aliphatic rings. The zero-order valence-electron chi connectivity index (χ0n) is 22.6. The molecule has 44 heavy (non-hydrogen) atoms. The Labute approximate surface area is 252 Å². The lowest BCUT2D eigenvalue weighted by molar-refractivity contribution is 0.111. The highest BCUT2D eigenvalue weighted by atomic mass is 32.2. The van der Waals surface area contributed by atoms with Crippen molar-refractivity contribution in [3.63, 3.8) is 0 Å². The molecule has 0 unspecified atom stereocenters. The average Bonchev–Trinajstić information content (AvgIpc) is 3.58. The van der Waals surface area contributed by atoms with E-state index in [0.29, 0.717) is 34.4 Å². The number of fused-ring (bicyclic) bond motifs is 2. The van der Waals surface area contributed by atoms with Crippen molar-refractivity contribution in [1.29, 1.82) is 10.5 Å². The van der Waals surface area contributed by atoms with E-state index in [0.717, 1.165) is 7.94 Å². The molecule has 0 saturated carbocycles. The van der Waals surface area contributed by atoms with Crippen LogP contribution in [-0.2, 0) is 20.0 Å². The molecule has 6 aromatic rings. The number of carbonyl (C=O) groups excluding carboxylic acids is 2. The van der Waals surface area contributed by atoms with Crippen LogP contribution in [0.1, 0.15) is 32.1 Å². The predicted octanol–water partition coefficient (Wildman–Crippen LogP) is 5.12. The van der Waals surface area contributed by atoms with Crippen LogP contribution in [0, 0.1) is 22.7 Å². The summed E-state index contributed by atoms with van der Waals surface area (Å²) >= 11 is 0. The molecule has 0 bridgehead atoms. The Balaban J connectivity index is 0.000000175. The summed E-state index contributed by atoms with van der Waals surface area (Å²) in [6.07, 6.45) is 0.804. The van der Waals surface area contributed by atoms with Crippen LogP contribution >= 0.6 is 0 Å². The molecule has 0 spiro atoms. The van der Waals surface area contributed by atoms with Crippen LogP contribution in [0.25, 0.3) is 21.8 Å². The van der Waals surface area contributed by atoms with Gasteiger partial charge in [0.15, 0.2) is 12.6 Å². The van der Waals surface area contributed by atoms with Gasteiger partial charge in [0.2, 0.25) is 0 Å². The molecule has 0 saturated heterocycles. The third-order valence-electron chi connectivity index (χ3n) is 6.74. The number of rotatable bonds is 6. The zero-order chi connectivity index (χ0) is 31.5. The first kappa shape index (κ1) is 29.7. The summed E-state index contributed by atoms with van der Waals surface area (Å²) in [6, 6.07) is 32.5. The van der Waals surface area contributed by atoms with Crippen LogP contribution in [0.3, 0.4) is 0 Å². The molecule has 0 atom stereocenters.